The van der Waals surface area contributed by atoms with Gasteiger partial charge >= 0.3 is 5.97 Å². The van der Waals surface area contributed by atoms with Gasteiger partial charge in [-0.25, -0.2) is 13.2 Å². The Morgan fingerprint density at radius 2 is 2.18 bits per heavy atom. The lowest BCUT2D eigenvalue weighted by Crippen LogP contribution is -2.19. The summed E-state index contributed by atoms with van der Waals surface area (Å²) >= 11 is 0. The third-order valence-corrected chi connectivity index (χ3v) is 4.41. The van der Waals surface area contributed by atoms with Gasteiger partial charge < -0.3 is 14.3 Å². The van der Waals surface area contributed by atoms with Crippen molar-refractivity contribution in [2.24, 2.45) is 0 Å². The van der Waals surface area contributed by atoms with Crippen molar-refractivity contribution in [2.45, 2.75) is 23.7 Å². The molecule has 0 saturated heterocycles. The molecule has 0 saturated carbocycles. The zero-order valence-electron chi connectivity index (χ0n) is 9.54. The Morgan fingerprint density at radius 3 is 2.65 bits per heavy atom. The topological polar surface area (TPSA) is 93.8 Å². The van der Waals surface area contributed by atoms with Gasteiger partial charge in [0.25, 0.3) is 0 Å². The number of aromatic carboxylic acids is 1. The highest BCUT2D eigenvalue weighted by Crippen LogP contribution is 2.20. The van der Waals surface area contributed by atoms with Gasteiger partial charge in [-0.1, -0.05) is 0 Å². The number of furan rings is 1. The smallest absolute Gasteiger partial charge is 0.371 e. The van der Waals surface area contributed by atoms with E-state index < -0.39 is 21.1 Å². The first-order valence-corrected chi connectivity index (χ1v) is 6.50. The Bertz CT molecular complexity index is 487. The van der Waals surface area contributed by atoms with Crippen LogP contribution in [-0.2, 0) is 14.6 Å². The summed E-state index contributed by atoms with van der Waals surface area (Å²) < 4.78 is 33.4. The zero-order valence-corrected chi connectivity index (χ0v) is 10.4. The van der Waals surface area contributed by atoms with Crippen LogP contribution in [0.1, 0.15) is 23.9 Å². The number of carboxylic acids is 1. The van der Waals surface area contributed by atoms with Crippen molar-refractivity contribution < 1.29 is 27.5 Å². The Balaban J connectivity index is 2.92. The van der Waals surface area contributed by atoms with Crippen LogP contribution in [0.15, 0.2) is 21.6 Å². The lowest BCUT2D eigenvalue weighted by molar-refractivity contribution is 0.0656. The van der Waals surface area contributed by atoms with Crippen LogP contribution in [0.25, 0.3) is 0 Å². The number of rotatable bonds is 6. The summed E-state index contributed by atoms with van der Waals surface area (Å²) in [6.45, 7) is 1.84. The Hall–Kier alpha value is -1.34. The minimum atomic E-state index is -3.63. The van der Waals surface area contributed by atoms with Crippen molar-refractivity contribution in [1.29, 1.82) is 0 Å². The zero-order chi connectivity index (χ0) is 13.1. The number of ether oxygens (including phenoxy) is 1. The van der Waals surface area contributed by atoms with Gasteiger partial charge in [-0.05, 0) is 25.5 Å². The minimum Gasteiger partial charge on any atom is -0.475 e. The molecule has 1 heterocycles. The monoisotopic (exact) mass is 262 g/mol. The van der Waals surface area contributed by atoms with Crippen LogP contribution >= 0.6 is 0 Å². The van der Waals surface area contributed by atoms with Gasteiger partial charge in [0.15, 0.2) is 0 Å². The maximum absolute atomic E-state index is 11.9. The normalized spacial score (nSPS) is 13.5. The lowest BCUT2D eigenvalue weighted by Gasteiger charge is -2.09. The van der Waals surface area contributed by atoms with E-state index in [2.05, 4.69) is 0 Å². The molecular formula is C10H14O6S. The molecule has 17 heavy (non-hydrogen) atoms. The summed E-state index contributed by atoms with van der Waals surface area (Å²) in [7, 11) is -2.15. The summed E-state index contributed by atoms with van der Waals surface area (Å²) in [5.74, 6) is -1.68. The van der Waals surface area contributed by atoms with Crippen LogP contribution in [0.2, 0.25) is 0 Å². The van der Waals surface area contributed by atoms with Gasteiger partial charge in [-0.15, -0.1) is 0 Å². The number of hydrogen-bond donors (Lipinski definition) is 1. The van der Waals surface area contributed by atoms with Crippen LogP contribution in [0.5, 0.6) is 0 Å². The van der Waals surface area contributed by atoms with E-state index in [1.165, 1.54) is 14.0 Å². The summed E-state index contributed by atoms with van der Waals surface area (Å²) in [5.41, 5.74) is 0. The van der Waals surface area contributed by atoms with Crippen LogP contribution in [0, 0.1) is 0 Å². The second-order valence-corrected chi connectivity index (χ2v) is 5.86. The maximum Gasteiger partial charge on any atom is 0.371 e. The molecule has 1 unspecified atom stereocenters. The third kappa shape index (κ3) is 3.07. The molecule has 0 bridgehead atoms. The molecule has 1 N–H and O–H groups in total. The molecule has 0 aliphatic carbocycles. The number of carboxylic acid groups (broad SMARTS) is 1. The molecule has 0 radical (unpaired) electrons. The van der Waals surface area contributed by atoms with E-state index in [9.17, 15) is 13.2 Å². The van der Waals surface area contributed by atoms with E-state index in [-0.39, 0.29) is 10.9 Å². The minimum absolute atomic E-state index is 0.312. The highest BCUT2D eigenvalue weighted by atomic mass is 32.2. The summed E-state index contributed by atoms with van der Waals surface area (Å²) in [4.78, 5) is 10.6. The molecule has 6 nitrogen and oxygen atoms in total. The summed E-state index contributed by atoms with van der Waals surface area (Å²) in [6, 6.07) is 2.28. The van der Waals surface area contributed by atoms with Gasteiger partial charge in [0.1, 0.15) is 0 Å². The van der Waals surface area contributed by atoms with E-state index in [0.29, 0.717) is 13.0 Å². The molecule has 0 fully saturated rings. The number of carbonyl (C=O) groups is 1. The fourth-order valence-corrected chi connectivity index (χ4v) is 2.49. The van der Waals surface area contributed by atoms with Crippen molar-refractivity contribution in [1.82, 2.24) is 0 Å². The van der Waals surface area contributed by atoms with Crippen molar-refractivity contribution in [3.05, 3.63) is 17.9 Å². The molecule has 0 aliphatic heterocycles. The highest BCUT2D eigenvalue weighted by Gasteiger charge is 2.27. The first-order valence-electron chi connectivity index (χ1n) is 4.95. The molecule has 1 aromatic heterocycles. The van der Waals surface area contributed by atoms with Gasteiger partial charge in [0.05, 0.1) is 5.25 Å². The van der Waals surface area contributed by atoms with Gasteiger partial charge in [-0.2, -0.15) is 0 Å². The predicted octanol–water partition coefficient (Wildman–Crippen LogP) is 1.18. The van der Waals surface area contributed by atoms with E-state index >= 15 is 0 Å². The Labute approximate surface area is 99.1 Å². The molecule has 96 valence electrons. The first kappa shape index (κ1) is 13.7. The molecule has 1 aromatic rings. The second-order valence-electron chi connectivity index (χ2n) is 3.56. The third-order valence-electron chi connectivity index (χ3n) is 2.33. The van der Waals surface area contributed by atoms with Crippen LogP contribution in [0.4, 0.5) is 0 Å². The molecule has 0 amide bonds. The number of hydrogen-bond acceptors (Lipinski definition) is 5. The SMILES string of the molecule is COCCC(C)S(=O)(=O)c1ccc(C(=O)O)o1. The van der Waals surface area contributed by atoms with E-state index in [4.69, 9.17) is 14.3 Å². The molecule has 7 heteroatoms. The largest absolute Gasteiger partial charge is 0.475 e. The van der Waals surface area contributed by atoms with Crippen molar-refractivity contribution in [3.8, 4) is 0 Å². The van der Waals surface area contributed by atoms with Crippen LogP contribution in [0.3, 0.4) is 0 Å². The highest BCUT2D eigenvalue weighted by molar-refractivity contribution is 7.91. The van der Waals surface area contributed by atoms with Crippen LogP contribution in [-0.4, -0.2) is 38.5 Å². The molecule has 1 rings (SSSR count). The summed E-state index contributed by atoms with van der Waals surface area (Å²) in [5, 5.41) is 7.63. The van der Waals surface area contributed by atoms with E-state index in [1.54, 1.807) is 0 Å². The molecule has 0 aliphatic rings. The molecular weight excluding hydrogens is 248 g/mol. The average Bonchev–Trinajstić information content (AvgIpc) is 2.75. The lowest BCUT2D eigenvalue weighted by atomic mass is 10.3. The predicted molar refractivity (Wildman–Crippen MR) is 58.8 cm³/mol. The maximum atomic E-state index is 11.9. The second kappa shape index (κ2) is 5.33. The van der Waals surface area contributed by atoms with E-state index in [0.717, 1.165) is 12.1 Å². The Morgan fingerprint density at radius 1 is 1.53 bits per heavy atom. The van der Waals surface area contributed by atoms with Crippen molar-refractivity contribution in [2.75, 3.05) is 13.7 Å². The molecule has 1 atom stereocenters. The summed E-state index contributed by atoms with van der Waals surface area (Å²) in [6.07, 6.45) is 0.321. The fourth-order valence-electron chi connectivity index (χ4n) is 1.23. The quantitative estimate of drug-likeness (QED) is 0.827. The van der Waals surface area contributed by atoms with Crippen molar-refractivity contribution >= 4 is 15.8 Å². The van der Waals surface area contributed by atoms with Gasteiger partial charge in [-0.3, -0.25) is 0 Å². The van der Waals surface area contributed by atoms with Crippen molar-refractivity contribution in [3.63, 3.8) is 0 Å². The average molecular weight is 262 g/mol. The van der Waals surface area contributed by atoms with Gasteiger partial charge in [0, 0.05) is 13.7 Å². The fraction of sp³-hybridized carbons (Fsp3) is 0.500. The molecule has 0 spiro atoms. The van der Waals surface area contributed by atoms with Crippen LogP contribution < -0.4 is 0 Å². The number of sulfone groups is 1. The molecule has 0 aromatic carbocycles. The number of methoxy groups -OCH3 is 1. The van der Waals surface area contributed by atoms with E-state index in [1.807, 2.05) is 0 Å². The Kier molecular flexibility index (Phi) is 4.30. The first-order chi connectivity index (χ1) is 7.89. The standard InChI is InChI=1S/C10H14O6S/c1-7(5-6-15-2)17(13,14)9-4-3-8(16-9)10(11)12/h3-4,7H,5-6H2,1-2H3,(H,11,12). The van der Waals surface area contributed by atoms with Gasteiger partial charge in [0.2, 0.25) is 20.7 Å².